The predicted molar refractivity (Wildman–Crippen MR) is 63.5 cm³/mol. The molecular formula is C14H20O. The molecule has 0 bridgehead atoms. The Bertz CT molecular complexity index is 355. The van der Waals surface area contributed by atoms with E-state index in [9.17, 15) is 5.11 Å². The van der Waals surface area contributed by atoms with Gasteiger partial charge < -0.3 is 5.11 Å². The molecule has 1 aromatic rings. The Morgan fingerprint density at radius 1 is 1.20 bits per heavy atom. The maximum Gasteiger partial charge on any atom is 0.119 e. The molecule has 0 aliphatic heterocycles. The van der Waals surface area contributed by atoms with Crippen molar-refractivity contribution in [3.8, 4) is 5.75 Å². The van der Waals surface area contributed by atoms with Gasteiger partial charge in [-0.1, -0.05) is 19.9 Å². The fraction of sp³-hybridized carbons (Fsp3) is 0.571. The molecule has 1 aromatic carbocycles. The lowest BCUT2D eigenvalue weighted by molar-refractivity contribution is 0.460. The van der Waals surface area contributed by atoms with E-state index in [-0.39, 0.29) is 0 Å². The Morgan fingerprint density at radius 2 is 1.87 bits per heavy atom. The van der Waals surface area contributed by atoms with Crippen LogP contribution in [0.5, 0.6) is 5.75 Å². The number of hydrogen-bond acceptors (Lipinski definition) is 1. The lowest BCUT2D eigenvalue weighted by Crippen LogP contribution is -2.08. The van der Waals surface area contributed by atoms with Crippen molar-refractivity contribution in [2.75, 3.05) is 0 Å². The third-order valence-electron chi connectivity index (χ3n) is 3.69. The molecule has 0 aromatic heterocycles. The predicted octanol–water partition coefficient (Wildman–Crippen LogP) is 3.78. The fourth-order valence-corrected chi connectivity index (χ4v) is 2.56. The quantitative estimate of drug-likeness (QED) is 0.777. The zero-order valence-corrected chi connectivity index (χ0v) is 9.71. The molecule has 2 rings (SSSR count). The summed E-state index contributed by atoms with van der Waals surface area (Å²) < 4.78 is 0. The summed E-state index contributed by atoms with van der Waals surface area (Å²) in [6, 6.07) is 4.00. The Balaban J connectivity index is 2.48. The fourth-order valence-electron chi connectivity index (χ4n) is 2.56. The molecule has 0 saturated carbocycles. The van der Waals surface area contributed by atoms with Gasteiger partial charge in [0.2, 0.25) is 0 Å². The van der Waals surface area contributed by atoms with Crippen molar-refractivity contribution in [2.24, 2.45) is 0 Å². The summed E-state index contributed by atoms with van der Waals surface area (Å²) in [6.45, 7) is 4.51. The summed E-state index contributed by atoms with van der Waals surface area (Å²) in [7, 11) is 0. The molecule has 1 atom stereocenters. The van der Waals surface area contributed by atoms with Crippen molar-refractivity contribution < 1.29 is 5.11 Å². The highest BCUT2D eigenvalue weighted by molar-refractivity contribution is 5.46. The van der Waals surface area contributed by atoms with E-state index < -0.39 is 0 Å². The van der Waals surface area contributed by atoms with Gasteiger partial charge in [0, 0.05) is 0 Å². The third kappa shape index (κ3) is 1.88. The molecule has 0 fully saturated rings. The van der Waals surface area contributed by atoms with Gasteiger partial charge in [0.25, 0.3) is 0 Å². The van der Waals surface area contributed by atoms with Crippen LogP contribution >= 0.6 is 0 Å². The molecule has 0 spiro atoms. The monoisotopic (exact) mass is 204 g/mol. The molecule has 0 radical (unpaired) electrons. The van der Waals surface area contributed by atoms with Crippen LogP contribution in [0.15, 0.2) is 12.1 Å². The second-order valence-electron chi connectivity index (χ2n) is 4.65. The summed E-state index contributed by atoms with van der Waals surface area (Å²) in [5.41, 5.74) is 4.12. The summed E-state index contributed by atoms with van der Waals surface area (Å²) in [5, 5.41) is 9.84. The van der Waals surface area contributed by atoms with Gasteiger partial charge in [0.15, 0.2) is 0 Å². The average molecular weight is 204 g/mol. The number of phenols is 1. The Kier molecular flexibility index (Phi) is 2.99. The first-order chi connectivity index (χ1) is 7.24. The van der Waals surface area contributed by atoms with Crippen molar-refractivity contribution >= 4 is 0 Å². The van der Waals surface area contributed by atoms with Crippen LogP contribution in [0, 0.1) is 0 Å². The first kappa shape index (κ1) is 10.5. The minimum absolute atomic E-state index is 0.511. The maximum atomic E-state index is 9.84. The van der Waals surface area contributed by atoms with Crippen LogP contribution in [0.4, 0.5) is 0 Å². The van der Waals surface area contributed by atoms with Gasteiger partial charge in [0.1, 0.15) is 5.75 Å². The molecule has 0 heterocycles. The van der Waals surface area contributed by atoms with Crippen LogP contribution in [-0.2, 0) is 12.8 Å². The molecule has 1 heteroatoms. The number of fused-ring (bicyclic) bond motifs is 1. The molecule has 1 aliphatic carbocycles. The molecule has 0 amide bonds. The van der Waals surface area contributed by atoms with E-state index in [1.165, 1.54) is 36.0 Å². The number of hydrogen-bond donors (Lipinski definition) is 1. The minimum Gasteiger partial charge on any atom is -0.508 e. The molecule has 1 nitrogen and oxygen atoms in total. The van der Waals surface area contributed by atoms with Gasteiger partial charge in [-0.3, -0.25) is 0 Å². The van der Waals surface area contributed by atoms with Crippen LogP contribution in [0.25, 0.3) is 0 Å². The maximum absolute atomic E-state index is 9.84. The Labute approximate surface area is 92.1 Å². The summed E-state index contributed by atoms with van der Waals surface area (Å²) >= 11 is 0. The highest BCUT2D eigenvalue weighted by atomic mass is 16.3. The van der Waals surface area contributed by atoms with Crippen molar-refractivity contribution in [3.63, 3.8) is 0 Å². The van der Waals surface area contributed by atoms with Gasteiger partial charge in [-0.25, -0.2) is 0 Å². The van der Waals surface area contributed by atoms with E-state index in [4.69, 9.17) is 0 Å². The highest BCUT2D eigenvalue weighted by Gasteiger charge is 2.18. The Hall–Kier alpha value is -0.980. The zero-order valence-electron chi connectivity index (χ0n) is 9.71. The van der Waals surface area contributed by atoms with E-state index in [0.29, 0.717) is 11.7 Å². The van der Waals surface area contributed by atoms with Gasteiger partial charge in [-0.15, -0.1) is 0 Å². The molecule has 1 aliphatic rings. The molecule has 0 saturated heterocycles. The van der Waals surface area contributed by atoms with E-state index in [2.05, 4.69) is 19.9 Å². The van der Waals surface area contributed by atoms with Crippen molar-refractivity contribution in [1.82, 2.24) is 0 Å². The summed E-state index contributed by atoms with van der Waals surface area (Å²) in [6.07, 6.45) is 5.90. The largest absolute Gasteiger partial charge is 0.508 e. The van der Waals surface area contributed by atoms with Crippen molar-refractivity contribution in [1.29, 1.82) is 0 Å². The average Bonchev–Trinajstić information content (AvgIpc) is 2.29. The number of aromatic hydroxyl groups is 1. The lowest BCUT2D eigenvalue weighted by atomic mass is 9.83. The number of phenolic OH excluding ortho intramolecular Hbond substituents is 1. The second kappa shape index (κ2) is 4.26. The molecule has 82 valence electrons. The first-order valence-electron chi connectivity index (χ1n) is 6.07. The van der Waals surface area contributed by atoms with Crippen molar-refractivity contribution in [2.45, 2.75) is 51.9 Å². The van der Waals surface area contributed by atoms with Gasteiger partial charge in [-0.05, 0) is 60.8 Å². The van der Waals surface area contributed by atoms with Gasteiger partial charge in [0.05, 0.1) is 0 Å². The standard InChI is InChI=1S/C14H20O/c1-3-10(2)11-8-9-14(15)13-7-5-4-6-12(11)13/h8-10,15H,3-7H2,1-2H3. The third-order valence-corrected chi connectivity index (χ3v) is 3.69. The highest BCUT2D eigenvalue weighted by Crippen LogP contribution is 2.35. The number of rotatable bonds is 2. The summed E-state index contributed by atoms with van der Waals surface area (Å²) in [5.74, 6) is 1.13. The van der Waals surface area contributed by atoms with E-state index in [0.717, 1.165) is 12.8 Å². The van der Waals surface area contributed by atoms with Crippen molar-refractivity contribution in [3.05, 3.63) is 28.8 Å². The zero-order chi connectivity index (χ0) is 10.8. The van der Waals surface area contributed by atoms with Crippen LogP contribution in [-0.4, -0.2) is 5.11 Å². The van der Waals surface area contributed by atoms with Crippen LogP contribution in [0.2, 0.25) is 0 Å². The minimum atomic E-state index is 0.511. The topological polar surface area (TPSA) is 20.2 Å². The van der Waals surface area contributed by atoms with Gasteiger partial charge in [-0.2, -0.15) is 0 Å². The van der Waals surface area contributed by atoms with Crippen LogP contribution in [0.3, 0.4) is 0 Å². The molecule has 15 heavy (non-hydrogen) atoms. The smallest absolute Gasteiger partial charge is 0.119 e. The molecule has 1 N–H and O–H groups in total. The lowest BCUT2D eigenvalue weighted by Gasteiger charge is -2.23. The van der Waals surface area contributed by atoms with E-state index >= 15 is 0 Å². The van der Waals surface area contributed by atoms with E-state index in [1.54, 1.807) is 0 Å². The molecular weight excluding hydrogens is 184 g/mol. The molecule has 1 unspecified atom stereocenters. The Morgan fingerprint density at radius 3 is 2.53 bits per heavy atom. The van der Waals surface area contributed by atoms with Crippen LogP contribution < -0.4 is 0 Å². The summed E-state index contributed by atoms with van der Waals surface area (Å²) in [4.78, 5) is 0. The van der Waals surface area contributed by atoms with Crippen LogP contribution in [0.1, 0.15) is 55.7 Å². The van der Waals surface area contributed by atoms with E-state index in [1.807, 2.05) is 6.07 Å². The number of benzene rings is 1. The van der Waals surface area contributed by atoms with Gasteiger partial charge >= 0.3 is 0 Å². The SMILES string of the molecule is CCC(C)c1ccc(O)c2c1CCCC2. The first-order valence-corrected chi connectivity index (χ1v) is 6.07. The second-order valence-corrected chi connectivity index (χ2v) is 4.65. The normalized spacial score (nSPS) is 17.2.